The van der Waals surface area contributed by atoms with Crippen LogP contribution in [0.25, 0.3) is 0 Å². The summed E-state index contributed by atoms with van der Waals surface area (Å²) in [7, 11) is 0. The summed E-state index contributed by atoms with van der Waals surface area (Å²) < 4.78 is 1.85. The highest BCUT2D eigenvalue weighted by Gasteiger charge is 2.16. The van der Waals surface area contributed by atoms with Crippen LogP contribution in [0.1, 0.15) is 42.9 Å². The molecule has 0 atom stereocenters. The molecule has 0 saturated heterocycles. The third kappa shape index (κ3) is 2.81. The number of aromatic amines is 1. The predicted molar refractivity (Wildman–Crippen MR) is 75.7 cm³/mol. The van der Waals surface area contributed by atoms with E-state index < -0.39 is 0 Å². The minimum atomic E-state index is -0.195. The highest BCUT2D eigenvalue weighted by molar-refractivity contribution is 6.31. The number of H-pyrrole nitrogens is 1. The Labute approximate surface area is 117 Å². The summed E-state index contributed by atoms with van der Waals surface area (Å²) in [5.41, 5.74) is 1.51. The maximum atomic E-state index is 12.3. The van der Waals surface area contributed by atoms with Gasteiger partial charge in [-0.3, -0.25) is 9.89 Å². The molecule has 102 valence electrons. The zero-order chi connectivity index (χ0) is 14.0. The van der Waals surface area contributed by atoms with Crippen LogP contribution in [0.4, 0.5) is 5.82 Å². The van der Waals surface area contributed by atoms with Crippen molar-refractivity contribution in [1.29, 1.82) is 0 Å². The first-order chi connectivity index (χ1) is 9.02. The maximum Gasteiger partial charge on any atom is 0.273 e. The molecule has 2 aromatic heterocycles. The number of carbonyl (C=O) groups excluding carboxylic acids is 1. The van der Waals surface area contributed by atoms with Gasteiger partial charge in [-0.2, -0.15) is 5.10 Å². The summed E-state index contributed by atoms with van der Waals surface area (Å²) in [6.07, 6.45) is 4.27. The molecule has 2 N–H and O–H groups in total. The molecule has 0 aromatic carbocycles. The second kappa shape index (κ2) is 5.48. The summed E-state index contributed by atoms with van der Waals surface area (Å²) in [5, 5.41) is 10.1. The third-order valence-electron chi connectivity index (χ3n) is 2.94. The van der Waals surface area contributed by atoms with Crippen molar-refractivity contribution in [3.8, 4) is 0 Å². The van der Waals surface area contributed by atoms with Crippen molar-refractivity contribution in [1.82, 2.24) is 14.8 Å². The number of nitrogens with one attached hydrogen (secondary N) is 2. The number of rotatable bonds is 4. The molecule has 0 aliphatic rings. The summed E-state index contributed by atoms with van der Waals surface area (Å²) in [4.78, 5) is 12.3. The summed E-state index contributed by atoms with van der Waals surface area (Å²) in [6, 6.07) is 1.83. The Morgan fingerprint density at radius 3 is 2.95 bits per heavy atom. The lowest BCUT2D eigenvalue weighted by molar-refractivity contribution is 0.101. The minimum absolute atomic E-state index is 0.167. The Morgan fingerprint density at radius 1 is 1.58 bits per heavy atom. The molecule has 0 aliphatic carbocycles. The quantitative estimate of drug-likeness (QED) is 0.903. The van der Waals surface area contributed by atoms with Crippen LogP contribution >= 0.6 is 11.6 Å². The second-order valence-electron chi connectivity index (χ2n) is 4.62. The molecule has 0 bridgehead atoms. The van der Waals surface area contributed by atoms with Gasteiger partial charge >= 0.3 is 0 Å². The minimum Gasteiger partial charge on any atom is -0.339 e. The molecular weight excluding hydrogens is 264 g/mol. The van der Waals surface area contributed by atoms with Crippen LogP contribution in [-0.2, 0) is 6.42 Å². The predicted octanol–water partition coefficient (Wildman–Crippen LogP) is 3.26. The van der Waals surface area contributed by atoms with Gasteiger partial charge in [0.05, 0.1) is 11.2 Å². The number of nitrogens with zero attached hydrogens (tertiary/aromatic N) is 2. The van der Waals surface area contributed by atoms with Crippen molar-refractivity contribution in [2.45, 2.75) is 33.2 Å². The average Bonchev–Trinajstić information content (AvgIpc) is 2.95. The van der Waals surface area contributed by atoms with Gasteiger partial charge in [0.2, 0.25) is 0 Å². The number of hydrogen-bond donors (Lipinski definition) is 2. The van der Waals surface area contributed by atoms with Crippen LogP contribution in [0.3, 0.4) is 0 Å². The molecule has 0 radical (unpaired) electrons. The second-order valence-corrected chi connectivity index (χ2v) is 5.06. The van der Waals surface area contributed by atoms with Crippen molar-refractivity contribution in [3.63, 3.8) is 0 Å². The average molecular weight is 281 g/mol. The molecule has 5 nitrogen and oxygen atoms in total. The van der Waals surface area contributed by atoms with Crippen molar-refractivity contribution in [2.75, 3.05) is 5.32 Å². The van der Waals surface area contributed by atoms with Gasteiger partial charge in [0.15, 0.2) is 0 Å². The molecule has 0 unspecified atom stereocenters. The maximum absolute atomic E-state index is 12.3. The van der Waals surface area contributed by atoms with E-state index in [1.165, 1.54) is 0 Å². The SMILES string of the molecule is CCc1cn[nH]c1NC(=O)c1cc(Cl)cn1C(C)C. The van der Waals surface area contributed by atoms with E-state index in [0.717, 1.165) is 12.0 Å². The zero-order valence-electron chi connectivity index (χ0n) is 11.2. The Bertz CT molecular complexity index is 585. The standard InChI is InChI=1S/C13H17ClN4O/c1-4-9-6-15-17-12(9)16-13(19)11-5-10(14)7-18(11)8(2)3/h5-8H,4H2,1-3H3,(H2,15,16,17,19). The fourth-order valence-corrected chi connectivity index (χ4v) is 2.13. The van der Waals surface area contributed by atoms with Gasteiger partial charge < -0.3 is 9.88 Å². The largest absolute Gasteiger partial charge is 0.339 e. The van der Waals surface area contributed by atoms with E-state index in [-0.39, 0.29) is 11.9 Å². The summed E-state index contributed by atoms with van der Waals surface area (Å²) in [6.45, 7) is 6.01. The lowest BCUT2D eigenvalue weighted by Gasteiger charge is -2.12. The van der Waals surface area contributed by atoms with E-state index >= 15 is 0 Å². The van der Waals surface area contributed by atoms with Crippen LogP contribution in [-0.4, -0.2) is 20.7 Å². The fraction of sp³-hybridized carbons (Fsp3) is 0.385. The van der Waals surface area contributed by atoms with Crippen LogP contribution < -0.4 is 5.32 Å². The first kappa shape index (κ1) is 13.7. The number of halogens is 1. The third-order valence-corrected chi connectivity index (χ3v) is 3.15. The molecule has 1 amide bonds. The normalized spacial score (nSPS) is 11.0. The number of amides is 1. The van der Waals surface area contributed by atoms with Crippen molar-refractivity contribution in [2.24, 2.45) is 0 Å². The van der Waals surface area contributed by atoms with E-state index in [1.807, 2.05) is 25.3 Å². The van der Waals surface area contributed by atoms with Crippen molar-refractivity contribution >= 4 is 23.3 Å². The molecule has 0 aliphatic heterocycles. The lowest BCUT2D eigenvalue weighted by atomic mass is 10.2. The molecule has 2 aromatic rings. The van der Waals surface area contributed by atoms with Gasteiger partial charge in [-0.15, -0.1) is 0 Å². The Hall–Kier alpha value is -1.75. The number of carbonyl (C=O) groups is 1. The molecule has 0 fully saturated rings. The zero-order valence-corrected chi connectivity index (χ0v) is 12.0. The first-order valence-electron chi connectivity index (χ1n) is 6.23. The molecule has 0 spiro atoms. The molecule has 2 heterocycles. The molecular formula is C13H17ClN4O. The van der Waals surface area contributed by atoms with Crippen LogP contribution in [0.15, 0.2) is 18.5 Å². The van der Waals surface area contributed by atoms with Crippen LogP contribution in [0, 0.1) is 0 Å². The van der Waals surface area contributed by atoms with E-state index in [0.29, 0.717) is 16.5 Å². The monoisotopic (exact) mass is 280 g/mol. The van der Waals surface area contributed by atoms with E-state index in [9.17, 15) is 4.79 Å². The van der Waals surface area contributed by atoms with E-state index in [4.69, 9.17) is 11.6 Å². The molecule has 6 heteroatoms. The molecule has 0 saturated carbocycles. The van der Waals surface area contributed by atoms with Gasteiger partial charge in [-0.05, 0) is 26.3 Å². The van der Waals surface area contributed by atoms with E-state index in [2.05, 4.69) is 15.5 Å². The Kier molecular flexibility index (Phi) is 3.95. The Balaban J connectivity index is 2.25. The van der Waals surface area contributed by atoms with Crippen LogP contribution in [0.5, 0.6) is 0 Å². The fourth-order valence-electron chi connectivity index (χ4n) is 1.92. The van der Waals surface area contributed by atoms with Gasteiger partial charge in [0.1, 0.15) is 11.5 Å². The first-order valence-corrected chi connectivity index (χ1v) is 6.61. The highest BCUT2D eigenvalue weighted by atomic mass is 35.5. The smallest absolute Gasteiger partial charge is 0.273 e. The van der Waals surface area contributed by atoms with Gasteiger partial charge in [-0.25, -0.2) is 0 Å². The molecule has 19 heavy (non-hydrogen) atoms. The van der Waals surface area contributed by atoms with Crippen molar-refractivity contribution < 1.29 is 4.79 Å². The number of aryl methyl sites for hydroxylation is 1. The molecule has 2 rings (SSSR count). The Morgan fingerprint density at radius 2 is 2.32 bits per heavy atom. The van der Waals surface area contributed by atoms with Gasteiger partial charge in [0, 0.05) is 17.8 Å². The van der Waals surface area contributed by atoms with Crippen LogP contribution in [0.2, 0.25) is 5.02 Å². The number of hydrogen-bond acceptors (Lipinski definition) is 2. The van der Waals surface area contributed by atoms with Crippen molar-refractivity contribution in [3.05, 3.63) is 34.7 Å². The number of aromatic nitrogens is 3. The lowest BCUT2D eigenvalue weighted by Crippen LogP contribution is -2.18. The van der Waals surface area contributed by atoms with Gasteiger partial charge in [0.25, 0.3) is 5.91 Å². The van der Waals surface area contributed by atoms with Gasteiger partial charge in [-0.1, -0.05) is 18.5 Å². The topological polar surface area (TPSA) is 62.7 Å². The van der Waals surface area contributed by atoms with E-state index in [1.54, 1.807) is 18.5 Å². The summed E-state index contributed by atoms with van der Waals surface area (Å²) >= 11 is 5.97. The highest BCUT2D eigenvalue weighted by Crippen LogP contribution is 2.20. The number of anilines is 1. The summed E-state index contributed by atoms with van der Waals surface area (Å²) in [5.74, 6) is 0.444.